The van der Waals surface area contributed by atoms with Crippen LogP contribution in [-0.2, 0) is 10.1 Å². The van der Waals surface area contributed by atoms with Crippen LogP contribution in [-0.4, -0.2) is 49.1 Å². The van der Waals surface area contributed by atoms with E-state index in [1.54, 1.807) is 35.3 Å². The van der Waals surface area contributed by atoms with Gasteiger partial charge < -0.3 is 9.80 Å². The van der Waals surface area contributed by atoms with Gasteiger partial charge in [0, 0.05) is 12.4 Å². The molecule has 0 saturated heterocycles. The van der Waals surface area contributed by atoms with Gasteiger partial charge in [0.15, 0.2) is 5.37 Å². The summed E-state index contributed by atoms with van der Waals surface area (Å²) in [5.41, 5.74) is 0. The van der Waals surface area contributed by atoms with E-state index < -0.39 is 15.5 Å². The molecular formula is C8H14ILiN2O3S. The summed E-state index contributed by atoms with van der Waals surface area (Å²) in [5, 5.41) is -0.872. The van der Waals surface area contributed by atoms with E-state index in [4.69, 9.17) is 4.55 Å². The minimum atomic E-state index is -4.02. The van der Waals surface area contributed by atoms with Gasteiger partial charge in [-0.15, -0.1) is 0 Å². The molecule has 1 heterocycles. The Morgan fingerprint density at radius 1 is 1.62 bits per heavy atom. The number of halogens is 1. The first kappa shape index (κ1) is 16.3. The molecule has 1 aliphatic rings. The fourth-order valence-electron chi connectivity index (χ4n) is 1.38. The number of hydrogen-bond donors (Lipinski definition) is 1. The van der Waals surface area contributed by atoms with Crippen LogP contribution in [0.15, 0.2) is 25.2 Å². The third kappa shape index (κ3) is 4.67. The Kier molecular flexibility index (Phi) is 7.76. The van der Waals surface area contributed by atoms with Crippen LogP contribution in [0, 0.1) is 0 Å². The minimum absolute atomic E-state index is 0.341. The van der Waals surface area contributed by atoms with Crippen LogP contribution in [0.3, 0.4) is 0 Å². The van der Waals surface area contributed by atoms with Gasteiger partial charge in [-0.2, -0.15) is 8.42 Å². The Balaban J connectivity index is 0.00000106. The van der Waals surface area contributed by atoms with Crippen molar-refractivity contribution in [2.45, 2.75) is 18.7 Å². The van der Waals surface area contributed by atoms with Crippen LogP contribution in [0.25, 0.3) is 0 Å². The van der Waals surface area contributed by atoms with E-state index in [0.717, 1.165) is 0 Å². The van der Waals surface area contributed by atoms with E-state index in [-0.39, 0.29) is 0 Å². The molecule has 1 aliphatic heterocycles. The molecule has 1 N–H and O–H groups in total. The molecule has 0 spiro atoms. The van der Waals surface area contributed by atoms with Gasteiger partial charge >= 0.3 is 34.2 Å². The summed E-state index contributed by atoms with van der Waals surface area (Å²) in [7, 11) is -4.02. The summed E-state index contributed by atoms with van der Waals surface area (Å²) in [6.45, 7) is 5.68. The van der Waals surface area contributed by atoms with Crippen molar-refractivity contribution in [3.8, 4) is 0 Å². The van der Waals surface area contributed by atoms with Crippen LogP contribution in [0.2, 0.25) is 0 Å². The first-order valence-electron chi connectivity index (χ1n) is 4.65. The molecule has 0 saturated carbocycles. The fraction of sp³-hybridized carbons (Fsp3) is 0.500. The van der Waals surface area contributed by atoms with Gasteiger partial charge in [-0.3, -0.25) is 4.55 Å². The van der Waals surface area contributed by atoms with Crippen molar-refractivity contribution < 1.29 is 13.0 Å². The maximum atomic E-state index is 11.0. The molecule has 0 bridgehead atoms. The van der Waals surface area contributed by atoms with Gasteiger partial charge in [0.05, 0.1) is 6.67 Å². The first-order chi connectivity index (χ1) is 7.49. The van der Waals surface area contributed by atoms with Crippen molar-refractivity contribution in [1.29, 1.82) is 0 Å². The van der Waals surface area contributed by atoms with Gasteiger partial charge in [-0.25, -0.2) is 0 Å². The second-order valence-electron chi connectivity index (χ2n) is 3.03. The summed E-state index contributed by atoms with van der Waals surface area (Å²) in [6, 6.07) is 0. The molecule has 5 nitrogen and oxygen atoms in total. The van der Waals surface area contributed by atoms with Crippen LogP contribution in [0.4, 0.5) is 0 Å². The third-order valence-corrected chi connectivity index (χ3v) is 3.37. The Morgan fingerprint density at radius 3 is 2.50 bits per heavy atom. The molecule has 0 fully saturated rings. The first-order valence-corrected chi connectivity index (χ1v) is 8.31. The van der Waals surface area contributed by atoms with Crippen molar-refractivity contribution in [3.05, 3.63) is 25.2 Å². The maximum absolute atomic E-state index is 11.0. The normalized spacial score (nSPS) is 16.8. The average molecular weight is 352 g/mol. The second-order valence-corrected chi connectivity index (χ2v) is 4.60. The second kappa shape index (κ2) is 7.61. The number of nitrogens with zero attached hydrogens (tertiary/aromatic N) is 2. The van der Waals surface area contributed by atoms with Crippen molar-refractivity contribution in [2.75, 3.05) is 6.67 Å². The van der Waals surface area contributed by atoms with Crippen molar-refractivity contribution in [2.24, 2.45) is 0 Å². The molecule has 16 heavy (non-hydrogen) atoms. The van der Waals surface area contributed by atoms with Gasteiger partial charge in [0.2, 0.25) is 0 Å². The number of rotatable bonds is 4. The molecule has 1 rings (SSSR count). The summed E-state index contributed by atoms with van der Waals surface area (Å²) in [6.07, 6.45) is 5.27. The zero-order chi connectivity index (χ0) is 12.8. The summed E-state index contributed by atoms with van der Waals surface area (Å²) in [4.78, 5) is 3.28. The van der Waals surface area contributed by atoms with Crippen molar-refractivity contribution >= 4 is 44.3 Å². The molecule has 0 aromatic carbocycles. The Bertz CT molecular complexity index is 347. The quantitative estimate of drug-likeness (QED) is 0.470. The van der Waals surface area contributed by atoms with E-state index in [2.05, 4.69) is 26.5 Å². The van der Waals surface area contributed by atoms with Crippen molar-refractivity contribution in [1.82, 2.24) is 9.80 Å². The average Bonchev–Trinajstić information content (AvgIpc) is 2.68. The number of hydrogen-bond acceptors (Lipinski definition) is 4. The molecule has 0 radical (unpaired) electrons. The zero-order valence-electron chi connectivity index (χ0n) is 9.38. The monoisotopic (exact) mass is 352 g/mol. The van der Waals surface area contributed by atoms with Gasteiger partial charge in [-0.05, 0) is 12.6 Å². The van der Waals surface area contributed by atoms with Gasteiger partial charge in [0.1, 0.15) is 0 Å². The fourth-order valence-corrected chi connectivity index (χ4v) is 2.28. The molecule has 0 amide bonds. The van der Waals surface area contributed by atoms with Crippen LogP contribution >= 0.6 is 19.9 Å². The van der Waals surface area contributed by atoms with Crippen molar-refractivity contribution in [3.63, 3.8) is 0 Å². The SMILES string of the molecule is C=CN1C=CN(C(CC)S(=O)(=O)O)C1.[Li][I]. The summed E-state index contributed by atoms with van der Waals surface area (Å²) in [5.74, 6) is 0. The molecule has 0 aliphatic carbocycles. The predicted molar refractivity (Wildman–Crippen MR) is 73.3 cm³/mol. The molecule has 88 valence electrons. The van der Waals surface area contributed by atoms with E-state index in [9.17, 15) is 8.42 Å². The van der Waals surface area contributed by atoms with Crippen LogP contribution in [0.1, 0.15) is 13.3 Å². The summed E-state index contributed by atoms with van der Waals surface area (Å²) >= 11 is 4.12. The van der Waals surface area contributed by atoms with Crippen LogP contribution in [0.5, 0.6) is 0 Å². The summed E-state index contributed by atoms with van der Waals surface area (Å²) < 4.78 is 30.9. The molecular weight excluding hydrogens is 338 g/mol. The van der Waals surface area contributed by atoms with Gasteiger partial charge in [-0.1, -0.05) is 13.5 Å². The van der Waals surface area contributed by atoms with Gasteiger partial charge in [0.25, 0.3) is 10.1 Å². The van der Waals surface area contributed by atoms with Crippen LogP contribution < -0.4 is 0 Å². The van der Waals surface area contributed by atoms with E-state index in [0.29, 0.717) is 13.1 Å². The molecule has 0 aromatic rings. The molecule has 8 heteroatoms. The third-order valence-electron chi connectivity index (χ3n) is 2.07. The Labute approximate surface area is 117 Å². The van der Waals surface area contributed by atoms with E-state index >= 15 is 0 Å². The zero-order valence-corrected chi connectivity index (χ0v) is 12.3. The van der Waals surface area contributed by atoms with E-state index in [1.807, 2.05) is 14.3 Å². The van der Waals surface area contributed by atoms with E-state index in [1.165, 1.54) is 0 Å². The Morgan fingerprint density at radius 2 is 2.19 bits per heavy atom. The predicted octanol–water partition coefficient (Wildman–Crippen LogP) is 1.30. The topological polar surface area (TPSA) is 60.9 Å². The Hall–Kier alpha value is 0.317. The molecule has 0 aromatic heterocycles. The molecule has 1 unspecified atom stereocenters. The molecule has 1 atom stereocenters. The standard InChI is InChI=1S/C8H14N2O3S.HI.Li/c1-3-8(14(11,12)13)10-6-5-9(4-2)7-10;;/h4-6,8H,2-3,7H2,1H3,(H,11,12,13);1H;/q;;+1/p-1.